The van der Waals surface area contributed by atoms with Gasteiger partial charge in [0.1, 0.15) is 6.04 Å². The second-order valence-electron chi connectivity index (χ2n) is 6.04. The van der Waals surface area contributed by atoms with Crippen molar-refractivity contribution in [1.29, 1.82) is 0 Å². The Hall–Kier alpha value is -0.750. The van der Waals surface area contributed by atoms with E-state index in [-0.39, 0.29) is 22.7 Å². The molecule has 5 nitrogen and oxygen atoms in total. The highest BCUT2D eigenvalue weighted by Crippen LogP contribution is 2.47. The highest BCUT2D eigenvalue weighted by molar-refractivity contribution is 8.01. The van der Waals surface area contributed by atoms with Gasteiger partial charge >= 0.3 is 0 Å². The predicted octanol–water partition coefficient (Wildman–Crippen LogP) is 0.424. The van der Waals surface area contributed by atoms with Crippen LogP contribution < -0.4 is 0 Å². The number of carbonyl (C=O) groups is 2. The Morgan fingerprint density at radius 1 is 1.53 bits per heavy atom. The Balaban J connectivity index is 1.71. The largest absolute Gasteiger partial charge is 0.386 e. The number of amides is 2. The molecule has 2 atom stereocenters. The van der Waals surface area contributed by atoms with E-state index in [2.05, 4.69) is 0 Å². The van der Waals surface area contributed by atoms with Crippen molar-refractivity contribution in [2.24, 2.45) is 0 Å². The summed E-state index contributed by atoms with van der Waals surface area (Å²) in [6.07, 6.45) is 2.04. The lowest BCUT2D eigenvalue weighted by Crippen LogP contribution is -2.66. The van der Waals surface area contributed by atoms with Crippen molar-refractivity contribution in [2.45, 2.75) is 49.6 Å². The molecular formula is C13H20N2O3S. The summed E-state index contributed by atoms with van der Waals surface area (Å²) in [5.41, 5.74) is -0.709. The maximum absolute atomic E-state index is 12.5. The molecule has 0 aliphatic carbocycles. The van der Waals surface area contributed by atoms with Crippen molar-refractivity contribution in [2.75, 3.05) is 18.8 Å². The summed E-state index contributed by atoms with van der Waals surface area (Å²) < 4.78 is 0. The summed E-state index contributed by atoms with van der Waals surface area (Å²) in [5.74, 6) is 0.781. The number of likely N-dealkylation sites (tertiary alicyclic amines) is 1. The van der Waals surface area contributed by atoms with E-state index in [0.29, 0.717) is 31.7 Å². The number of β-amino-alcohol motifs (C(OH)–C–C–N with tert-alkyl or cyclic N) is 1. The number of hydrogen-bond donors (Lipinski definition) is 1. The number of rotatable bonds is 2. The zero-order chi connectivity index (χ0) is 13.8. The monoisotopic (exact) mass is 284 g/mol. The third kappa shape index (κ3) is 1.88. The Kier molecular flexibility index (Phi) is 2.87. The molecule has 3 aliphatic heterocycles. The van der Waals surface area contributed by atoms with E-state index in [1.54, 1.807) is 21.6 Å². The van der Waals surface area contributed by atoms with E-state index in [1.807, 2.05) is 13.8 Å². The number of fused-ring (bicyclic) bond motifs is 1. The summed E-state index contributed by atoms with van der Waals surface area (Å²) >= 11 is 1.71. The number of thioether (sulfide) groups is 1. The van der Waals surface area contributed by atoms with Crippen LogP contribution in [-0.2, 0) is 9.59 Å². The van der Waals surface area contributed by atoms with Gasteiger partial charge in [0.15, 0.2) is 0 Å². The molecule has 2 amide bonds. The van der Waals surface area contributed by atoms with E-state index in [9.17, 15) is 14.7 Å². The first-order chi connectivity index (χ1) is 8.88. The topological polar surface area (TPSA) is 60.9 Å². The van der Waals surface area contributed by atoms with Gasteiger partial charge in [-0.2, -0.15) is 0 Å². The van der Waals surface area contributed by atoms with Crippen LogP contribution >= 0.6 is 11.8 Å². The van der Waals surface area contributed by atoms with Gasteiger partial charge in [-0.25, -0.2) is 0 Å². The first kappa shape index (κ1) is 13.2. The van der Waals surface area contributed by atoms with Crippen molar-refractivity contribution >= 4 is 23.6 Å². The van der Waals surface area contributed by atoms with Gasteiger partial charge in [-0.15, -0.1) is 11.8 Å². The molecule has 0 saturated carbocycles. The quantitative estimate of drug-likeness (QED) is 0.798. The Morgan fingerprint density at radius 3 is 2.84 bits per heavy atom. The molecule has 3 aliphatic rings. The molecule has 0 radical (unpaired) electrons. The summed E-state index contributed by atoms with van der Waals surface area (Å²) in [7, 11) is 0. The lowest BCUT2D eigenvalue weighted by molar-refractivity contribution is -0.162. The normalized spacial score (nSPS) is 36.4. The molecule has 0 aromatic rings. The first-order valence-corrected chi connectivity index (χ1v) is 7.84. The fourth-order valence-corrected chi connectivity index (χ4v) is 4.68. The van der Waals surface area contributed by atoms with E-state index in [4.69, 9.17) is 0 Å². The molecule has 3 saturated heterocycles. The zero-order valence-corrected chi connectivity index (χ0v) is 12.2. The van der Waals surface area contributed by atoms with Gasteiger partial charge in [0.05, 0.1) is 23.6 Å². The highest BCUT2D eigenvalue weighted by Gasteiger charge is 2.55. The van der Waals surface area contributed by atoms with E-state index < -0.39 is 5.60 Å². The van der Waals surface area contributed by atoms with Crippen LogP contribution in [0.25, 0.3) is 0 Å². The third-order valence-corrected chi connectivity index (χ3v) is 6.18. The summed E-state index contributed by atoms with van der Waals surface area (Å²) in [6.45, 7) is 4.78. The molecule has 0 aromatic carbocycles. The molecular weight excluding hydrogens is 264 g/mol. The molecule has 2 unspecified atom stereocenters. The minimum atomic E-state index is -0.709. The fourth-order valence-electron chi connectivity index (χ4n) is 3.26. The number of nitrogens with zero attached hydrogens (tertiary/aromatic N) is 2. The number of aliphatic hydroxyl groups is 1. The molecule has 6 heteroatoms. The Labute approximate surface area is 117 Å². The molecule has 0 spiro atoms. The molecule has 3 rings (SSSR count). The number of carbonyl (C=O) groups excluding carboxylic acids is 2. The predicted molar refractivity (Wildman–Crippen MR) is 72.6 cm³/mol. The van der Waals surface area contributed by atoms with E-state index in [0.717, 1.165) is 6.42 Å². The summed E-state index contributed by atoms with van der Waals surface area (Å²) in [6, 6.07) is -0.327. The Bertz CT molecular complexity index is 436. The van der Waals surface area contributed by atoms with E-state index in [1.165, 1.54) is 0 Å². The van der Waals surface area contributed by atoms with Gasteiger partial charge in [0, 0.05) is 12.2 Å². The van der Waals surface area contributed by atoms with Gasteiger partial charge < -0.3 is 14.9 Å². The van der Waals surface area contributed by atoms with Gasteiger partial charge in [-0.1, -0.05) is 6.92 Å². The maximum atomic E-state index is 12.5. The molecule has 3 heterocycles. The average molecular weight is 284 g/mol. The van der Waals surface area contributed by atoms with Gasteiger partial charge in [0.2, 0.25) is 11.8 Å². The smallest absolute Gasteiger partial charge is 0.246 e. The van der Waals surface area contributed by atoms with Crippen molar-refractivity contribution in [3.8, 4) is 0 Å². The van der Waals surface area contributed by atoms with Crippen LogP contribution in [-0.4, -0.2) is 62.1 Å². The van der Waals surface area contributed by atoms with Crippen LogP contribution in [0.4, 0.5) is 0 Å². The number of hydrogen-bond acceptors (Lipinski definition) is 4. The summed E-state index contributed by atoms with van der Waals surface area (Å²) in [5, 5.41) is 9.99. The van der Waals surface area contributed by atoms with Crippen LogP contribution in [0.2, 0.25) is 0 Å². The Morgan fingerprint density at radius 2 is 2.21 bits per heavy atom. The molecule has 106 valence electrons. The lowest BCUT2D eigenvalue weighted by Gasteiger charge is -2.47. The second kappa shape index (κ2) is 4.12. The second-order valence-corrected chi connectivity index (χ2v) is 7.54. The minimum Gasteiger partial charge on any atom is -0.386 e. The minimum absolute atomic E-state index is 0.00426. The van der Waals surface area contributed by atoms with Crippen molar-refractivity contribution in [1.82, 2.24) is 9.80 Å². The molecule has 0 aromatic heterocycles. The van der Waals surface area contributed by atoms with Crippen molar-refractivity contribution in [3.63, 3.8) is 0 Å². The van der Waals surface area contributed by atoms with Crippen LogP contribution in [0, 0.1) is 0 Å². The van der Waals surface area contributed by atoms with Crippen molar-refractivity contribution < 1.29 is 14.7 Å². The van der Waals surface area contributed by atoms with Crippen LogP contribution in [0.5, 0.6) is 0 Å². The standard InChI is InChI=1S/C13H20N2O3S/c1-3-13(18)7-14(8-13)11(17)9-6-19-12(2)5-4-10(16)15(9)12/h9,18H,3-8H2,1-2H3. The fraction of sp³-hybridized carbons (Fsp3) is 0.846. The van der Waals surface area contributed by atoms with Crippen LogP contribution in [0.3, 0.4) is 0 Å². The van der Waals surface area contributed by atoms with Gasteiger partial charge in [0.25, 0.3) is 0 Å². The molecule has 19 heavy (non-hydrogen) atoms. The van der Waals surface area contributed by atoms with Gasteiger partial charge in [-0.3, -0.25) is 9.59 Å². The maximum Gasteiger partial charge on any atom is 0.246 e. The SMILES string of the molecule is CCC1(O)CN(C(=O)C2CSC3(C)CCC(=O)N23)C1. The highest BCUT2D eigenvalue weighted by atomic mass is 32.2. The van der Waals surface area contributed by atoms with Crippen molar-refractivity contribution in [3.05, 3.63) is 0 Å². The molecule has 3 fully saturated rings. The first-order valence-electron chi connectivity index (χ1n) is 6.86. The summed E-state index contributed by atoms with van der Waals surface area (Å²) in [4.78, 5) is 27.7. The zero-order valence-electron chi connectivity index (χ0n) is 11.4. The third-order valence-electron chi connectivity index (χ3n) is 4.67. The average Bonchev–Trinajstić information content (AvgIpc) is 2.82. The molecule has 1 N–H and O–H groups in total. The van der Waals surface area contributed by atoms with E-state index >= 15 is 0 Å². The van der Waals surface area contributed by atoms with Crippen LogP contribution in [0.1, 0.15) is 33.1 Å². The van der Waals surface area contributed by atoms with Crippen LogP contribution in [0.15, 0.2) is 0 Å². The lowest BCUT2D eigenvalue weighted by atomic mass is 9.90. The van der Waals surface area contributed by atoms with Gasteiger partial charge in [-0.05, 0) is 19.8 Å². The molecule has 0 bridgehead atoms.